The fourth-order valence-electron chi connectivity index (χ4n) is 8.29. The standard InChI is InChI=1S/C51H29N3O3/c1-2-11-31(12-3-1)49-52-50(54-51(53-49)33-25-26-36-35-13-4-7-17-41(35)56-45(36)29-33)32-23-21-30(22-24-32)34-27-28-38(48-47(34)40-15-6-9-19-43(40)57-48)37-16-10-20-44-46(37)39-14-5-8-18-42(39)55-44/h1-29H. The van der Waals surface area contributed by atoms with Crippen molar-refractivity contribution in [3.05, 3.63) is 176 Å². The summed E-state index contributed by atoms with van der Waals surface area (Å²) in [6, 6.07) is 59.8. The van der Waals surface area contributed by atoms with Crippen LogP contribution < -0.4 is 0 Å². The maximum absolute atomic E-state index is 6.72. The SMILES string of the molecule is c1ccc(-c2nc(-c3ccc(-c4ccc(-c5cccc6oc7ccccc7c56)c5oc6ccccc6c45)cc3)nc(-c3ccc4c(c3)oc3ccccc34)n2)cc1. The van der Waals surface area contributed by atoms with Crippen LogP contribution >= 0.6 is 0 Å². The average Bonchev–Trinajstić information content (AvgIpc) is 3.98. The molecule has 0 radical (unpaired) electrons. The van der Waals surface area contributed by atoms with Crippen molar-refractivity contribution in [1.29, 1.82) is 0 Å². The summed E-state index contributed by atoms with van der Waals surface area (Å²) in [6.45, 7) is 0. The molecule has 12 rings (SSSR count). The Hall–Kier alpha value is -7.83. The Morgan fingerprint density at radius 3 is 1.54 bits per heavy atom. The number of para-hydroxylation sites is 3. The van der Waals surface area contributed by atoms with Crippen molar-refractivity contribution in [2.75, 3.05) is 0 Å². The summed E-state index contributed by atoms with van der Waals surface area (Å²) in [5.41, 5.74) is 11.9. The highest BCUT2D eigenvalue weighted by atomic mass is 16.3. The molecule has 0 aliphatic heterocycles. The lowest BCUT2D eigenvalue weighted by atomic mass is 9.92. The first-order valence-electron chi connectivity index (χ1n) is 18.9. The predicted octanol–water partition coefficient (Wildman–Crippen LogP) is 13.9. The largest absolute Gasteiger partial charge is 0.456 e. The van der Waals surface area contributed by atoms with Gasteiger partial charge in [-0.05, 0) is 59.2 Å². The summed E-state index contributed by atoms with van der Waals surface area (Å²) in [4.78, 5) is 15.0. The first-order valence-corrected chi connectivity index (χ1v) is 18.9. The lowest BCUT2D eigenvalue weighted by molar-refractivity contribution is 0.668. The third-order valence-corrected chi connectivity index (χ3v) is 11.0. The average molecular weight is 732 g/mol. The highest BCUT2D eigenvalue weighted by molar-refractivity contribution is 6.20. The molecule has 0 amide bonds. The number of rotatable bonds is 5. The fraction of sp³-hybridized carbons (Fsp3) is 0. The summed E-state index contributed by atoms with van der Waals surface area (Å²) in [5, 5.41) is 6.43. The van der Waals surface area contributed by atoms with Crippen LogP contribution in [0.2, 0.25) is 0 Å². The molecule has 6 nitrogen and oxygen atoms in total. The zero-order valence-electron chi connectivity index (χ0n) is 30.3. The topological polar surface area (TPSA) is 78.1 Å². The second-order valence-electron chi connectivity index (χ2n) is 14.3. The van der Waals surface area contributed by atoms with Crippen LogP contribution in [0.15, 0.2) is 189 Å². The second kappa shape index (κ2) is 12.3. The fourth-order valence-corrected chi connectivity index (χ4v) is 8.29. The second-order valence-corrected chi connectivity index (χ2v) is 14.3. The first-order chi connectivity index (χ1) is 28.2. The van der Waals surface area contributed by atoms with Gasteiger partial charge in [-0.3, -0.25) is 0 Å². The Morgan fingerprint density at radius 1 is 0.281 bits per heavy atom. The van der Waals surface area contributed by atoms with Gasteiger partial charge in [-0.15, -0.1) is 0 Å². The minimum absolute atomic E-state index is 0.577. The van der Waals surface area contributed by atoms with E-state index in [1.807, 2.05) is 91.0 Å². The van der Waals surface area contributed by atoms with Crippen molar-refractivity contribution >= 4 is 65.8 Å². The number of fused-ring (bicyclic) bond motifs is 9. The predicted molar refractivity (Wildman–Crippen MR) is 229 cm³/mol. The number of benzene rings is 8. The Kier molecular flexibility index (Phi) is 6.83. The van der Waals surface area contributed by atoms with Gasteiger partial charge in [0.1, 0.15) is 33.5 Å². The summed E-state index contributed by atoms with van der Waals surface area (Å²) < 4.78 is 19.2. The summed E-state index contributed by atoms with van der Waals surface area (Å²) in [5.74, 6) is 1.77. The van der Waals surface area contributed by atoms with E-state index in [4.69, 9.17) is 28.2 Å². The van der Waals surface area contributed by atoms with Gasteiger partial charge in [-0.25, -0.2) is 15.0 Å². The quantitative estimate of drug-likeness (QED) is 0.175. The van der Waals surface area contributed by atoms with Gasteiger partial charge in [-0.1, -0.05) is 133 Å². The Labute approximate surface area is 325 Å². The minimum Gasteiger partial charge on any atom is -0.456 e. The highest BCUT2D eigenvalue weighted by Crippen LogP contribution is 2.45. The number of hydrogen-bond acceptors (Lipinski definition) is 6. The smallest absolute Gasteiger partial charge is 0.164 e. The van der Waals surface area contributed by atoms with Crippen LogP contribution in [0.25, 0.3) is 122 Å². The summed E-state index contributed by atoms with van der Waals surface area (Å²) in [6.07, 6.45) is 0. The zero-order valence-corrected chi connectivity index (χ0v) is 30.3. The third kappa shape index (κ3) is 5.01. The molecule has 4 aromatic heterocycles. The van der Waals surface area contributed by atoms with Crippen LogP contribution in [0.4, 0.5) is 0 Å². The van der Waals surface area contributed by atoms with Gasteiger partial charge in [0.05, 0.1) is 0 Å². The van der Waals surface area contributed by atoms with Crippen molar-refractivity contribution in [3.63, 3.8) is 0 Å². The molecule has 0 aliphatic carbocycles. The van der Waals surface area contributed by atoms with E-state index in [1.54, 1.807) is 0 Å². The van der Waals surface area contributed by atoms with E-state index >= 15 is 0 Å². The van der Waals surface area contributed by atoms with E-state index in [2.05, 4.69) is 84.9 Å². The van der Waals surface area contributed by atoms with Crippen LogP contribution in [0.5, 0.6) is 0 Å². The maximum atomic E-state index is 6.72. The number of hydrogen-bond donors (Lipinski definition) is 0. The van der Waals surface area contributed by atoms with Gasteiger partial charge >= 0.3 is 0 Å². The van der Waals surface area contributed by atoms with Gasteiger partial charge in [0.25, 0.3) is 0 Å². The molecule has 8 aromatic carbocycles. The molecule has 0 saturated carbocycles. The van der Waals surface area contributed by atoms with Crippen LogP contribution in [-0.4, -0.2) is 15.0 Å². The Morgan fingerprint density at radius 2 is 0.789 bits per heavy atom. The minimum atomic E-state index is 0.577. The molecule has 266 valence electrons. The maximum Gasteiger partial charge on any atom is 0.164 e. The van der Waals surface area contributed by atoms with Gasteiger partial charge in [-0.2, -0.15) is 0 Å². The molecule has 0 saturated heterocycles. The molecule has 12 aromatic rings. The van der Waals surface area contributed by atoms with E-state index in [0.717, 1.165) is 105 Å². The lowest BCUT2D eigenvalue weighted by Crippen LogP contribution is -2.00. The molecule has 0 atom stereocenters. The number of nitrogens with zero attached hydrogens (tertiary/aromatic N) is 3. The molecule has 0 fully saturated rings. The van der Waals surface area contributed by atoms with Crippen molar-refractivity contribution in [2.45, 2.75) is 0 Å². The molecule has 0 N–H and O–H groups in total. The van der Waals surface area contributed by atoms with Gasteiger partial charge in [0.15, 0.2) is 17.5 Å². The normalized spacial score (nSPS) is 11.9. The number of aromatic nitrogens is 3. The molecule has 0 spiro atoms. The summed E-state index contributed by atoms with van der Waals surface area (Å²) in [7, 11) is 0. The third-order valence-electron chi connectivity index (χ3n) is 11.0. The lowest BCUT2D eigenvalue weighted by Gasteiger charge is -2.11. The van der Waals surface area contributed by atoms with Crippen molar-refractivity contribution in [1.82, 2.24) is 15.0 Å². The molecule has 0 bridgehead atoms. The molecular weight excluding hydrogens is 703 g/mol. The Bertz CT molecular complexity index is 3520. The molecule has 57 heavy (non-hydrogen) atoms. The van der Waals surface area contributed by atoms with Crippen LogP contribution in [0, 0.1) is 0 Å². The molecule has 4 heterocycles. The van der Waals surface area contributed by atoms with E-state index in [1.165, 1.54) is 0 Å². The summed E-state index contributed by atoms with van der Waals surface area (Å²) >= 11 is 0. The van der Waals surface area contributed by atoms with Crippen LogP contribution in [0.3, 0.4) is 0 Å². The van der Waals surface area contributed by atoms with Crippen LogP contribution in [0.1, 0.15) is 0 Å². The van der Waals surface area contributed by atoms with Crippen molar-refractivity contribution < 1.29 is 13.3 Å². The van der Waals surface area contributed by atoms with E-state index < -0.39 is 0 Å². The van der Waals surface area contributed by atoms with Gasteiger partial charge in [0.2, 0.25) is 0 Å². The molecule has 6 heteroatoms. The highest BCUT2D eigenvalue weighted by Gasteiger charge is 2.21. The molecular formula is C51H29N3O3. The van der Waals surface area contributed by atoms with Crippen molar-refractivity contribution in [3.8, 4) is 56.4 Å². The number of furan rings is 3. The van der Waals surface area contributed by atoms with Gasteiger partial charge < -0.3 is 13.3 Å². The van der Waals surface area contributed by atoms with E-state index in [0.29, 0.717) is 17.5 Å². The molecule has 0 aliphatic rings. The molecule has 0 unspecified atom stereocenters. The zero-order chi connectivity index (χ0) is 37.5. The van der Waals surface area contributed by atoms with E-state index in [9.17, 15) is 0 Å². The monoisotopic (exact) mass is 731 g/mol. The van der Waals surface area contributed by atoms with Crippen molar-refractivity contribution in [2.24, 2.45) is 0 Å². The van der Waals surface area contributed by atoms with Gasteiger partial charge in [0, 0.05) is 54.6 Å². The van der Waals surface area contributed by atoms with E-state index in [-0.39, 0.29) is 0 Å². The first kappa shape index (κ1) is 31.5. The van der Waals surface area contributed by atoms with Crippen LogP contribution in [-0.2, 0) is 0 Å². The Balaban J connectivity index is 0.994.